The van der Waals surface area contributed by atoms with E-state index in [2.05, 4.69) is 10.6 Å². The average Bonchev–Trinajstić information content (AvgIpc) is 2.35. The van der Waals surface area contributed by atoms with Gasteiger partial charge in [-0.05, 0) is 51.5 Å². The van der Waals surface area contributed by atoms with Crippen LogP contribution in [-0.2, 0) is 14.6 Å². The van der Waals surface area contributed by atoms with E-state index in [9.17, 15) is 13.2 Å². The Morgan fingerprint density at radius 1 is 1.14 bits per heavy atom. The molecule has 1 rings (SSSR count). The minimum Gasteiger partial charge on any atom is -0.376 e. The molecule has 1 amide bonds. The highest BCUT2D eigenvalue weighted by molar-refractivity contribution is 7.91. The summed E-state index contributed by atoms with van der Waals surface area (Å²) in [6, 6.07) is 6.48. The van der Waals surface area contributed by atoms with E-state index in [0.717, 1.165) is 5.69 Å². The topological polar surface area (TPSA) is 75.3 Å². The van der Waals surface area contributed by atoms with E-state index < -0.39 is 9.84 Å². The molecule has 0 aliphatic rings. The van der Waals surface area contributed by atoms with Crippen molar-refractivity contribution in [1.29, 1.82) is 0 Å². The van der Waals surface area contributed by atoms with Gasteiger partial charge in [0, 0.05) is 11.2 Å². The van der Waals surface area contributed by atoms with Gasteiger partial charge in [0.05, 0.1) is 17.2 Å². The van der Waals surface area contributed by atoms with Gasteiger partial charge in [0.2, 0.25) is 5.91 Å². The third-order valence-electron chi connectivity index (χ3n) is 2.65. The number of rotatable bonds is 6. The predicted octanol–water partition coefficient (Wildman–Crippen LogP) is 2.20. The van der Waals surface area contributed by atoms with Crippen LogP contribution in [0.1, 0.15) is 34.1 Å². The molecule has 118 valence electrons. The molecule has 21 heavy (non-hydrogen) atoms. The maximum absolute atomic E-state index is 11.9. The number of nitrogens with one attached hydrogen (secondary N) is 2. The summed E-state index contributed by atoms with van der Waals surface area (Å²) in [4.78, 5) is 12.0. The van der Waals surface area contributed by atoms with Gasteiger partial charge in [-0.25, -0.2) is 8.42 Å². The molecule has 0 atom stereocenters. The van der Waals surface area contributed by atoms with Crippen LogP contribution in [0.25, 0.3) is 0 Å². The van der Waals surface area contributed by atoms with Gasteiger partial charge in [-0.2, -0.15) is 0 Å². The van der Waals surface area contributed by atoms with Gasteiger partial charge in [-0.3, -0.25) is 4.79 Å². The van der Waals surface area contributed by atoms with Crippen molar-refractivity contribution in [2.45, 2.75) is 44.6 Å². The second-order valence-electron chi connectivity index (χ2n) is 5.99. The van der Waals surface area contributed by atoms with Crippen LogP contribution in [0.5, 0.6) is 0 Å². The first kappa shape index (κ1) is 17.5. The van der Waals surface area contributed by atoms with Crippen LogP contribution in [0.15, 0.2) is 29.2 Å². The zero-order chi connectivity index (χ0) is 16.1. The quantitative estimate of drug-likeness (QED) is 0.844. The van der Waals surface area contributed by atoms with Crippen molar-refractivity contribution in [2.75, 3.05) is 17.6 Å². The molecule has 0 radical (unpaired) electrons. The molecule has 1 aromatic rings. The Kier molecular flexibility index (Phi) is 5.78. The monoisotopic (exact) mass is 312 g/mol. The molecule has 1 aromatic carbocycles. The summed E-state index contributed by atoms with van der Waals surface area (Å²) in [5, 5.41) is 5.82. The van der Waals surface area contributed by atoms with Crippen molar-refractivity contribution in [1.82, 2.24) is 5.32 Å². The van der Waals surface area contributed by atoms with E-state index in [-0.39, 0.29) is 23.7 Å². The molecule has 0 aliphatic carbocycles. The molecular formula is C15H24N2O3S. The lowest BCUT2D eigenvalue weighted by atomic mass is 10.1. The first-order valence-corrected chi connectivity index (χ1v) is 8.67. The van der Waals surface area contributed by atoms with Gasteiger partial charge < -0.3 is 10.6 Å². The van der Waals surface area contributed by atoms with E-state index in [1.54, 1.807) is 24.3 Å². The largest absolute Gasteiger partial charge is 0.376 e. The van der Waals surface area contributed by atoms with Crippen LogP contribution in [0.4, 0.5) is 5.69 Å². The Balaban J connectivity index is 2.62. The first-order chi connectivity index (χ1) is 9.64. The molecule has 0 heterocycles. The Morgan fingerprint density at radius 3 is 2.19 bits per heavy atom. The van der Waals surface area contributed by atoms with Crippen LogP contribution >= 0.6 is 0 Å². The van der Waals surface area contributed by atoms with Crippen molar-refractivity contribution in [2.24, 2.45) is 0 Å². The van der Waals surface area contributed by atoms with Crippen molar-refractivity contribution < 1.29 is 13.2 Å². The molecule has 6 heteroatoms. The number of carbonyl (C=O) groups excluding carboxylic acids is 1. The lowest BCUT2D eigenvalue weighted by molar-refractivity contribution is -0.120. The third kappa shape index (κ3) is 6.16. The summed E-state index contributed by atoms with van der Waals surface area (Å²) in [5.41, 5.74) is 0.450. The first-order valence-electron chi connectivity index (χ1n) is 7.02. The van der Waals surface area contributed by atoms with Crippen molar-refractivity contribution in [3.05, 3.63) is 24.3 Å². The number of amides is 1. The smallest absolute Gasteiger partial charge is 0.239 e. The number of anilines is 1. The van der Waals surface area contributed by atoms with Crippen molar-refractivity contribution in [3.8, 4) is 0 Å². The van der Waals surface area contributed by atoms with Crippen molar-refractivity contribution in [3.63, 3.8) is 0 Å². The molecule has 0 aliphatic heterocycles. The number of carbonyl (C=O) groups is 1. The highest BCUT2D eigenvalue weighted by Crippen LogP contribution is 2.15. The number of benzene rings is 1. The Morgan fingerprint density at radius 2 is 1.71 bits per heavy atom. The number of sulfone groups is 1. The standard InChI is InChI=1S/C15H24N2O3S/c1-5-10-21(19,20)13-8-6-12(7-9-13)16-11-14(18)17-15(2,3)4/h6-9,16H,5,10-11H2,1-4H3,(H,17,18). The summed E-state index contributed by atoms with van der Waals surface area (Å²) < 4.78 is 23.8. The number of hydrogen-bond acceptors (Lipinski definition) is 4. The van der Waals surface area contributed by atoms with Gasteiger partial charge in [-0.15, -0.1) is 0 Å². The highest BCUT2D eigenvalue weighted by atomic mass is 32.2. The van der Waals surface area contributed by atoms with Crippen LogP contribution in [0, 0.1) is 0 Å². The summed E-state index contributed by atoms with van der Waals surface area (Å²) in [7, 11) is -3.19. The second kappa shape index (κ2) is 6.93. The molecule has 0 saturated heterocycles. The molecule has 5 nitrogen and oxygen atoms in total. The average molecular weight is 312 g/mol. The van der Waals surface area contributed by atoms with E-state index in [1.807, 2.05) is 27.7 Å². The normalized spacial score (nSPS) is 12.0. The lowest BCUT2D eigenvalue weighted by Crippen LogP contribution is -2.43. The zero-order valence-electron chi connectivity index (χ0n) is 13.1. The second-order valence-corrected chi connectivity index (χ2v) is 8.10. The van der Waals surface area contributed by atoms with Gasteiger partial charge in [0.25, 0.3) is 0 Å². The Bertz CT molecular complexity index is 572. The van der Waals surface area contributed by atoms with Crippen LogP contribution in [0.3, 0.4) is 0 Å². The van der Waals surface area contributed by atoms with Gasteiger partial charge in [0.1, 0.15) is 0 Å². The van der Waals surface area contributed by atoms with Crippen LogP contribution in [-0.4, -0.2) is 32.2 Å². The molecule has 0 saturated carbocycles. The maximum atomic E-state index is 11.9. The summed E-state index contributed by atoms with van der Waals surface area (Å²) in [5.74, 6) is 0.0403. The van der Waals surface area contributed by atoms with Crippen molar-refractivity contribution >= 4 is 21.4 Å². The molecule has 0 bridgehead atoms. The van der Waals surface area contributed by atoms with Gasteiger partial charge in [0.15, 0.2) is 9.84 Å². The fourth-order valence-corrected chi connectivity index (χ4v) is 3.14. The molecule has 2 N–H and O–H groups in total. The molecule has 0 fully saturated rings. The molecule has 0 unspecified atom stereocenters. The fraction of sp³-hybridized carbons (Fsp3) is 0.533. The third-order valence-corrected chi connectivity index (χ3v) is 4.59. The zero-order valence-corrected chi connectivity index (χ0v) is 13.9. The van der Waals surface area contributed by atoms with E-state index >= 15 is 0 Å². The van der Waals surface area contributed by atoms with E-state index in [0.29, 0.717) is 11.3 Å². The predicted molar refractivity (Wildman–Crippen MR) is 85.2 cm³/mol. The lowest BCUT2D eigenvalue weighted by Gasteiger charge is -2.20. The highest BCUT2D eigenvalue weighted by Gasteiger charge is 2.14. The maximum Gasteiger partial charge on any atom is 0.239 e. The van der Waals surface area contributed by atoms with Crippen LogP contribution in [0.2, 0.25) is 0 Å². The SMILES string of the molecule is CCCS(=O)(=O)c1ccc(NCC(=O)NC(C)(C)C)cc1. The Labute approximate surface area is 127 Å². The minimum absolute atomic E-state index is 0.106. The van der Waals surface area contributed by atoms with Crippen LogP contribution < -0.4 is 10.6 Å². The molecular weight excluding hydrogens is 288 g/mol. The van der Waals surface area contributed by atoms with E-state index in [1.165, 1.54) is 0 Å². The molecule has 0 aromatic heterocycles. The van der Waals surface area contributed by atoms with Gasteiger partial charge in [-0.1, -0.05) is 6.92 Å². The fourth-order valence-electron chi connectivity index (χ4n) is 1.81. The van der Waals surface area contributed by atoms with E-state index in [4.69, 9.17) is 0 Å². The summed E-state index contributed by atoms with van der Waals surface area (Å²) >= 11 is 0. The van der Waals surface area contributed by atoms with Gasteiger partial charge >= 0.3 is 0 Å². The summed E-state index contributed by atoms with van der Waals surface area (Å²) in [6.07, 6.45) is 0.593. The number of hydrogen-bond donors (Lipinski definition) is 2. The molecule has 0 spiro atoms. The minimum atomic E-state index is -3.19. The Hall–Kier alpha value is -1.56. The summed E-state index contributed by atoms with van der Waals surface area (Å²) in [6.45, 7) is 7.73.